The van der Waals surface area contributed by atoms with Crippen molar-refractivity contribution in [2.75, 3.05) is 26.1 Å². The molecule has 9 heteroatoms. The SMILES string of the molecule is COC(=O)COc1c(I)cc(/C=C(/C#N)C(=O)Nc2ccccc2F)cc1OC. The van der Waals surface area contributed by atoms with Crippen molar-refractivity contribution in [1.29, 1.82) is 5.26 Å². The molecule has 29 heavy (non-hydrogen) atoms. The largest absolute Gasteiger partial charge is 0.493 e. The fourth-order valence-electron chi connectivity index (χ4n) is 2.22. The minimum absolute atomic E-state index is 0.0302. The van der Waals surface area contributed by atoms with Crippen molar-refractivity contribution in [1.82, 2.24) is 0 Å². The number of amides is 1. The number of halogens is 2. The van der Waals surface area contributed by atoms with Gasteiger partial charge in [-0.3, -0.25) is 4.79 Å². The lowest BCUT2D eigenvalue weighted by atomic mass is 10.1. The lowest BCUT2D eigenvalue weighted by molar-refractivity contribution is -0.142. The topological polar surface area (TPSA) is 97.7 Å². The van der Waals surface area contributed by atoms with Crippen LogP contribution in [-0.4, -0.2) is 32.7 Å². The summed E-state index contributed by atoms with van der Waals surface area (Å²) in [6, 6.07) is 10.6. The molecule has 1 N–H and O–H groups in total. The van der Waals surface area contributed by atoms with E-state index in [0.717, 1.165) is 0 Å². The number of ether oxygens (including phenoxy) is 3. The van der Waals surface area contributed by atoms with Crippen LogP contribution in [-0.2, 0) is 14.3 Å². The molecule has 0 fully saturated rings. The first-order valence-electron chi connectivity index (χ1n) is 8.14. The van der Waals surface area contributed by atoms with Crippen LogP contribution >= 0.6 is 22.6 Å². The van der Waals surface area contributed by atoms with E-state index in [4.69, 9.17) is 9.47 Å². The van der Waals surface area contributed by atoms with Crippen LogP contribution in [0.2, 0.25) is 0 Å². The summed E-state index contributed by atoms with van der Waals surface area (Å²) in [5.74, 6) is -1.29. The molecule has 2 aromatic carbocycles. The minimum atomic E-state index is -0.752. The zero-order chi connectivity index (χ0) is 21.4. The summed E-state index contributed by atoms with van der Waals surface area (Å²) in [6.07, 6.45) is 1.34. The number of carbonyl (C=O) groups excluding carboxylic acids is 2. The molecule has 0 aliphatic carbocycles. The predicted molar refractivity (Wildman–Crippen MR) is 112 cm³/mol. The third-order valence-corrected chi connectivity index (χ3v) is 4.41. The van der Waals surface area contributed by atoms with Gasteiger partial charge in [0.25, 0.3) is 5.91 Å². The zero-order valence-corrected chi connectivity index (χ0v) is 17.7. The van der Waals surface area contributed by atoms with Crippen molar-refractivity contribution >= 4 is 46.2 Å². The molecule has 0 bridgehead atoms. The van der Waals surface area contributed by atoms with Gasteiger partial charge < -0.3 is 19.5 Å². The highest BCUT2D eigenvalue weighted by molar-refractivity contribution is 14.1. The molecule has 0 spiro atoms. The molecule has 2 rings (SSSR count). The Bertz CT molecular complexity index is 1000. The number of hydrogen-bond donors (Lipinski definition) is 1. The molecule has 150 valence electrons. The second-order valence-corrected chi connectivity index (χ2v) is 6.66. The van der Waals surface area contributed by atoms with Gasteiger partial charge in [-0.1, -0.05) is 12.1 Å². The van der Waals surface area contributed by atoms with Crippen molar-refractivity contribution in [3.05, 3.63) is 56.9 Å². The number of esters is 1. The number of benzene rings is 2. The van der Waals surface area contributed by atoms with Crippen LogP contribution in [0.4, 0.5) is 10.1 Å². The van der Waals surface area contributed by atoms with Crippen LogP contribution in [0, 0.1) is 20.7 Å². The second-order valence-electron chi connectivity index (χ2n) is 5.50. The Kier molecular flexibility index (Phi) is 7.97. The number of rotatable bonds is 7. The first-order chi connectivity index (χ1) is 13.9. The molecule has 0 aliphatic heterocycles. The van der Waals surface area contributed by atoms with Gasteiger partial charge in [0.15, 0.2) is 18.1 Å². The molecular weight excluding hydrogens is 494 g/mol. The van der Waals surface area contributed by atoms with Gasteiger partial charge in [0.05, 0.1) is 23.5 Å². The first-order valence-corrected chi connectivity index (χ1v) is 9.22. The maximum Gasteiger partial charge on any atom is 0.343 e. The Labute approximate surface area is 180 Å². The Hall–Kier alpha value is -3.13. The van der Waals surface area contributed by atoms with Crippen molar-refractivity contribution in [2.45, 2.75) is 0 Å². The van der Waals surface area contributed by atoms with E-state index in [1.165, 1.54) is 38.5 Å². The van der Waals surface area contributed by atoms with E-state index in [2.05, 4.69) is 10.1 Å². The summed E-state index contributed by atoms with van der Waals surface area (Å²) in [5, 5.41) is 11.7. The highest BCUT2D eigenvalue weighted by Crippen LogP contribution is 2.34. The van der Waals surface area contributed by atoms with Crippen LogP contribution in [0.25, 0.3) is 6.08 Å². The van der Waals surface area contributed by atoms with E-state index in [1.807, 2.05) is 22.6 Å². The Morgan fingerprint density at radius 1 is 1.28 bits per heavy atom. The van der Waals surface area contributed by atoms with Crippen LogP contribution in [0.5, 0.6) is 11.5 Å². The molecule has 0 saturated heterocycles. The summed E-state index contributed by atoms with van der Waals surface area (Å²) in [7, 11) is 2.66. The summed E-state index contributed by atoms with van der Waals surface area (Å²) < 4.78 is 29.5. The molecule has 0 aromatic heterocycles. The van der Waals surface area contributed by atoms with Gasteiger partial charge in [-0.05, 0) is 58.5 Å². The normalized spacial score (nSPS) is 10.7. The molecule has 0 aliphatic rings. The molecule has 0 saturated carbocycles. The van der Waals surface area contributed by atoms with E-state index in [9.17, 15) is 19.2 Å². The van der Waals surface area contributed by atoms with Crippen molar-refractivity contribution in [3.63, 3.8) is 0 Å². The Morgan fingerprint density at radius 3 is 2.62 bits per heavy atom. The summed E-state index contributed by atoms with van der Waals surface area (Å²) in [5.41, 5.74) is 0.226. The molecule has 2 aromatic rings. The summed E-state index contributed by atoms with van der Waals surface area (Å²) >= 11 is 1.97. The summed E-state index contributed by atoms with van der Waals surface area (Å²) in [6.45, 7) is -0.299. The fraction of sp³-hybridized carbons (Fsp3) is 0.150. The number of anilines is 1. The van der Waals surface area contributed by atoms with E-state index in [0.29, 0.717) is 20.6 Å². The third-order valence-electron chi connectivity index (χ3n) is 3.61. The molecule has 0 heterocycles. The maximum absolute atomic E-state index is 13.7. The third kappa shape index (κ3) is 5.92. The molecule has 7 nitrogen and oxygen atoms in total. The predicted octanol–water partition coefficient (Wildman–Crippen LogP) is 3.54. The maximum atomic E-state index is 13.7. The smallest absolute Gasteiger partial charge is 0.343 e. The van der Waals surface area contributed by atoms with Gasteiger partial charge in [0.1, 0.15) is 17.5 Å². The van der Waals surface area contributed by atoms with Gasteiger partial charge in [0, 0.05) is 0 Å². The monoisotopic (exact) mass is 510 g/mol. The van der Waals surface area contributed by atoms with E-state index < -0.39 is 17.7 Å². The quantitative estimate of drug-likeness (QED) is 0.265. The molecule has 0 radical (unpaired) electrons. The van der Waals surface area contributed by atoms with Crippen molar-refractivity contribution in [2.24, 2.45) is 0 Å². The zero-order valence-electron chi connectivity index (χ0n) is 15.5. The summed E-state index contributed by atoms with van der Waals surface area (Å²) in [4.78, 5) is 23.6. The Balaban J connectivity index is 2.29. The Morgan fingerprint density at radius 2 is 2.00 bits per heavy atom. The van der Waals surface area contributed by atoms with E-state index in [-0.39, 0.29) is 17.9 Å². The number of methoxy groups -OCH3 is 2. The molecule has 1 amide bonds. The van der Waals surface area contributed by atoms with Gasteiger partial charge in [-0.15, -0.1) is 0 Å². The number of carbonyl (C=O) groups is 2. The van der Waals surface area contributed by atoms with Gasteiger partial charge in [-0.25, -0.2) is 9.18 Å². The number of hydrogen-bond acceptors (Lipinski definition) is 6. The lowest BCUT2D eigenvalue weighted by Crippen LogP contribution is -2.14. The van der Waals surface area contributed by atoms with Crippen molar-refractivity contribution in [3.8, 4) is 17.6 Å². The molecule has 0 atom stereocenters. The highest BCUT2D eigenvalue weighted by Gasteiger charge is 2.16. The fourth-order valence-corrected chi connectivity index (χ4v) is 3.00. The van der Waals surface area contributed by atoms with Crippen LogP contribution in [0.3, 0.4) is 0 Å². The van der Waals surface area contributed by atoms with Gasteiger partial charge in [-0.2, -0.15) is 5.26 Å². The molecule has 0 unspecified atom stereocenters. The van der Waals surface area contributed by atoms with Gasteiger partial charge >= 0.3 is 5.97 Å². The first kappa shape index (κ1) is 22.2. The number of nitrogens with one attached hydrogen (secondary N) is 1. The van der Waals surface area contributed by atoms with Crippen LogP contribution < -0.4 is 14.8 Å². The number of nitriles is 1. The molecular formula is C20H16FIN2O5. The van der Waals surface area contributed by atoms with E-state index >= 15 is 0 Å². The standard InChI is InChI=1S/C20H16FIN2O5/c1-27-17-9-12(8-15(22)19(17)29-11-18(25)28-2)7-13(10-23)20(26)24-16-6-4-3-5-14(16)21/h3-9H,11H2,1-2H3,(H,24,26)/b13-7-. The van der Waals surface area contributed by atoms with E-state index in [1.54, 1.807) is 24.3 Å². The number of para-hydroxylation sites is 1. The van der Waals surface area contributed by atoms with Crippen LogP contribution in [0.15, 0.2) is 42.0 Å². The lowest BCUT2D eigenvalue weighted by Gasteiger charge is -2.13. The average Bonchev–Trinajstić information content (AvgIpc) is 2.72. The highest BCUT2D eigenvalue weighted by atomic mass is 127. The minimum Gasteiger partial charge on any atom is -0.493 e. The van der Waals surface area contributed by atoms with Crippen LogP contribution in [0.1, 0.15) is 5.56 Å². The van der Waals surface area contributed by atoms with Gasteiger partial charge in [0.2, 0.25) is 0 Å². The second kappa shape index (κ2) is 10.4. The van der Waals surface area contributed by atoms with Crippen molar-refractivity contribution < 1.29 is 28.2 Å². The average molecular weight is 510 g/mol. The number of nitrogens with zero attached hydrogens (tertiary/aromatic N) is 1.